The van der Waals surface area contributed by atoms with Gasteiger partial charge in [0, 0.05) is 26.2 Å². The van der Waals surface area contributed by atoms with Crippen molar-refractivity contribution < 1.29 is 4.79 Å². The lowest BCUT2D eigenvalue weighted by Gasteiger charge is -2.39. The van der Waals surface area contributed by atoms with Crippen LogP contribution < -0.4 is 10.6 Å². The molecule has 0 spiro atoms. The molecule has 6 nitrogen and oxygen atoms in total. The van der Waals surface area contributed by atoms with Crippen LogP contribution in [0.15, 0.2) is 48.1 Å². The average Bonchev–Trinajstić information content (AvgIpc) is 3.17. The van der Waals surface area contributed by atoms with Gasteiger partial charge in [-0.15, -0.1) is 11.3 Å². The van der Waals surface area contributed by atoms with Crippen LogP contribution in [-0.4, -0.2) is 47.0 Å². The third-order valence-electron chi connectivity index (χ3n) is 4.92. The van der Waals surface area contributed by atoms with Gasteiger partial charge in [0.25, 0.3) is 0 Å². The number of aromatic nitrogens is 2. The number of carbonyl (C=O) groups is 1. The minimum atomic E-state index is -1.01. The van der Waals surface area contributed by atoms with Crippen LogP contribution in [0.25, 0.3) is 10.2 Å². The number of fused-ring (bicyclic) bond motifs is 1. The van der Waals surface area contributed by atoms with Gasteiger partial charge in [-0.3, -0.25) is 4.79 Å². The molecule has 1 aliphatic rings. The van der Waals surface area contributed by atoms with Gasteiger partial charge in [-0.25, -0.2) is 9.97 Å². The minimum Gasteiger partial charge on any atom is -0.352 e. The molecule has 0 aliphatic carbocycles. The van der Waals surface area contributed by atoms with E-state index in [1.54, 1.807) is 24.6 Å². The van der Waals surface area contributed by atoms with Gasteiger partial charge < -0.3 is 15.5 Å². The smallest absolute Gasteiger partial charge is 0.247 e. The number of hydrogen-bond acceptors (Lipinski definition) is 6. The van der Waals surface area contributed by atoms with Gasteiger partial charge in [0.1, 0.15) is 22.5 Å². The van der Waals surface area contributed by atoms with E-state index in [2.05, 4.69) is 20.9 Å². The summed E-state index contributed by atoms with van der Waals surface area (Å²) >= 11 is 1.61. The van der Waals surface area contributed by atoms with Gasteiger partial charge in [0.05, 0.1) is 5.39 Å². The van der Waals surface area contributed by atoms with Crippen LogP contribution in [0.4, 0.5) is 5.82 Å². The maximum Gasteiger partial charge on any atom is 0.247 e. The molecule has 1 atom stereocenters. The first kappa shape index (κ1) is 16.9. The van der Waals surface area contributed by atoms with Crippen LogP contribution in [0.3, 0.4) is 0 Å². The molecule has 1 amide bonds. The molecule has 2 aromatic heterocycles. The fourth-order valence-corrected chi connectivity index (χ4v) is 4.11. The highest BCUT2D eigenvalue weighted by Crippen LogP contribution is 2.28. The standard InChI is InChI=1S/C19H21N5OS/c1-19(20,14-5-3-2-4-6-14)18(25)24-10-8-23(9-11-24)16-15-7-12-26-17(15)22-13-21-16/h2-7,12-13H,8-11,20H2,1H3. The van der Waals surface area contributed by atoms with Gasteiger partial charge in [-0.2, -0.15) is 0 Å². The van der Waals surface area contributed by atoms with Crippen molar-refractivity contribution in [3.8, 4) is 0 Å². The van der Waals surface area contributed by atoms with Crippen LogP contribution in [0.5, 0.6) is 0 Å². The van der Waals surface area contributed by atoms with E-state index in [4.69, 9.17) is 5.73 Å². The second kappa shape index (κ2) is 6.66. The van der Waals surface area contributed by atoms with Crippen LogP contribution in [0, 0.1) is 0 Å². The Balaban J connectivity index is 1.48. The number of anilines is 1. The molecule has 1 fully saturated rings. The lowest BCUT2D eigenvalue weighted by atomic mass is 9.91. The fourth-order valence-electron chi connectivity index (χ4n) is 3.39. The molecule has 1 unspecified atom stereocenters. The number of nitrogens with two attached hydrogens (primary N) is 1. The molecule has 3 heterocycles. The zero-order chi connectivity index (χ0) is 18.1. The Hall–Kier alpha value is -2.51. The number of benzene rings is 1. The van der Waals surface area contributed by atoms with E-state index in [0.717, 1.165) is 34.7 Å². The molecule has 0 radical (unpaired) electrons. The van der Waals surface area contributed by atoms with Crippen molar-refractivity contribution in [2.45, 2.75) is 12.5 Å². The first-order valence-electron chi connectivity index (χ1n) is 8.64. The highest BCUT2D eigenvalue weighted by Gasteiger charge is 2.36. The Bertz CT molecular complexity index is 916. The summed E-state index contributed by atoms with van der Waals surface area (Å²) in [5, 5.41) is 3.10. The molecular formula is C19H21N5OS. The van der Waals surface area contributed by atoms with Gasteiger partial charge in [-0.1, -0.05) is 30.3 Å². The quantitative estimate of drug-likeness (QED) is 0.768. The minimum absolute atomic E-state index is 0.0354. The van der Waals surface area contributed by atoms with Crippen molar-refractivity contribution in [3.05, 3.63) is 53.7 Å². The second-order valence-electron chi connectivity index (χ2n) is 6.68. The van der Waals surface area contributed by atoms with E-state index in [1.807, 2.05) is 40.6 Å². The third kappa shape index (κ3) is 2.93. The highest BCUT2D eigenvalue weighted by atomic mass is 32.1. The van der Waals surface area contributed by atoms with E-state index < -0.39 is 5.54 Å². The number of hydrogen-bond donors (Lipinski definition) is 1. The number of rotatable bonds is 3. The predicted octanol–water partition coefficient (Wildman–Crippen LogP) is 2.21. The van der Waals surface area contributed by atoms with Crippen molar-refractivity contribution in [2.75, 3.05) is 31.1 Å². The van der Waals surface area contributed by atoms with E-state index in [9.17, 15) is 4.79 Å². The molecule has 3 aromatic rings. The Morgan fingerprint density at radius 2 is 1.85 bits per heavy atom. The van der Waals surface area contributed by atoms with Crippen molar-refractivity contribution in [2.24, 2.45) is 5.73 Å². The predicted molar refractivity (Wildman–Crippen MR) is 104 cm³/mol. The lowest BCUT2D eigenvalue weighted by Crippen LogP contribution is -2.57. The maximum atomic E-state index is 13.0. The SMILES string of the molecule is CC(N)(C(=O)N1CCN(c2ncnc3sccc23)CC1)c1ccccc1. The molecule has 7 heteroatoms. The average molecular weight is 367 g/mol. The monoisotopic (exact) mass is 367 g/mol. The molecule has 2 N–H and O–H groups in total. The molecule has 0 saturated carbocycles. The molecule has 1 saturated heterocycles. The summed E-state index contributed by atoms with van der Waals surface area (Å²) in [5.74, 6) is 0.911. The van der Waals surface area contributed by atoms with Crippen LogP contribution >= 0.6 is 11.3 Å². The van der Waals surface area contributed by atoms with Crippen molar-refractivity contribution in [1.82, 2.24) is 14.9 Å². The molecule has 1 aliphatic heterocycles. The number of piperazine rings is 1. The first-order valence-corrected chi connectivity index (χ1v) is 9.52. The topological polar surface area (TPSA) is 75.4 Å². The Labute approximate surface area is 156 Å². The summed E-state index contributed by atoms with van der Waals surface area (Å²) in [6, 6.07) is 11.6. The summed E-state index contributed by atoms with van der Waals surface area (Å²) in [6.07, 6.45) is 1.61. The highest BCUT2D eigenvalue weighted by molar-refractivity contribution is 7.16. The molecule has 134 valence electrons. The van der Waals surface area contributed by atoms with Gasteiger partial charge in [0.2, 0.25) is 5.91 Å². The molecule has 26 heavy (non-hydrogen) atoms. The van der Waals surface area contributed by atoms with Gasteiger partial charge >= 0.3 is 0 Å². The van der Waals surface area contributed by atoms with E-state index in [0.29, 0.717) is 13.1 Å². The van der Waals surface area contributed by atoms with E-state index >= 15 is 0 Å². The second-order valence-corrected chi connectivity index (χ2v) is 7.58. The third-order valence-corrected chi connectivity index (χ3v) is 5.75. The van der Waals surface area contributed by atoms with Gasteiger partial charge in [-0.05, 0) is 23.9 Å². The normalized spacial score (nSPS) is 17.3. The van der Waals surface area contributed by atoms with Crippen LogP contribution in [-0.2, 0) is 10.3 Å². The summed E-state index contributed by atoms with van der Waals surface area (Å²) in [6.45, 7) is 4.52. The van der Waals surface area contributed by atoms with E-state index in [-0.39, 0.29) is 5.91 Å². The van der Waals surface area contributed by atoms with Crippen molar-refractivity contribution >= 4 is 33.3 Å². The van der Waals surface area contributed by atoms with Crippen LogP contribution in [0.1, 0.15) is 12.5 Å². The number of thiophene rings is 1. The maximum absolute atomic E-state index is 13.0. The Kier molecular flexibility index (Phi) is 4.34. The summed E-state index contributed by atoms with van der Waals surface area (Å²) < 4.78 is 0. The first-order chi connectivity index (χ1) is 12.6. The summed E-state index contributed by atoms with van der Waals surface area (Å²) in [4.78, 5) is 26.8. The molecule has 4 rings (SSSR count). The largest absolute Gasteiger partial charge is 0.352 e. The zero-order valence-corrected chi connectivity index (χ0v) is 15.4. The Morgan fingerprint density at radius 3 is 2.58 bits per heavy atom. The number of amides is 1. The fraction of sp³-hybridized carbons (Fsp3) is 0.316. The van der Waals surface area contributed by atoms with Crippen molar-refractivity contribution in [3.63, 3.8) is 0 Å². The number of nitrogens with zero attached hydrogens (tertiary/aromatic N) is 4. The summed E-state index contributed by atoms with van der Waals surface area (Å²) in [7, 11) is 0. The van der Waals surface area contributed by atoms with Gasteiger partial charge in [0.15, 0.2) is 0 Å². The van der Waals surface area contributed by atoms with Crippen LogP contribution in [0.2, 0.25) is 0 Å². The lowest BCUT2D eigenvalue weighted by molar-refractivity contribution is -0.137. The molecular weight excluding hydrogens is 346 g/mol. The summed E-state index contributed by atoms with van der Waals surface area (Å²) in [5.41, 5.74) is 6.22. The Morgan fingerprint density at radius 1 is 1.12 bits per heavy atom. The van der Waals surface area contributed by atoms with E-state index in [1.165, 1.54) is 0 Å². The zero-order valence-electron chi connectivity index (χ0n) is 14.6. The van der Waals surface area contributed by atoms with Crippen molar-refractivity contribution in [1.29, 1.82) is 0 Å². The molecule has 1 aromatic carbocycles. The number of carbonyl (C=O) groups excluding carboxylic acids is 1. The molecule has 0 bridgehead atoms.